The minimum Gasteiger partial charge on any atom is -0.487 e. The molecule has 11 heteroatoms. The molecule has 4 rings (SSSR count). The van der Waals surface area contributed by atoms with E-state index < -0.39 is 45.8 Å². The number of pyridine rings is 1. The standard InChI is InChI=1S/C25H15F5N4O2/c26-18-3-5-20(22(28)8-18)24(35,17-10-32-14-33-11-17)25(29,30)23-6-4-19(12-34-23)36-13-16-2-1-15(9-31)7-21(16)27/h1-8,10-12,14,35H,13H2. The van der Waals surface area contributed by atoms with Gasteiger partial charge in [0, 0.05) is 35.2 Å². The van der Waals surface area contributed by atoms with Gasteiger partial charge < -0.3 is 9.84 Å². The van der Waals surface area contributed by atoms with Gasteiger partial charge in [-0.1, -0.05) is 6.07 Å². The second-order valence-electron chi connectivity index (χ2n) is 7.62. The molecule has 0 bridgehead atoms. The predicted octanol–water partition coefficient (Wildman–Crippen LogP) is 4.77. The number of rotatable bonds is 7. The molecular formula is C25H15F5N4O2. The van der Waals surface area contributed by atoms with Gasteiger partial charge in [0.05, 0.1) is 17.8 Å². The molecule has 4 aromatic rings. The molecule has 0 aliphatic carbocycles. The number of nitrogens with zero attached hydrogens (tertiary/aromatic N) is 4. The number of alkyl halides is 2. The maximum Gasteiger partial charge on any atom is 0.326 e. The molecule has 2 aromatic heterocycles. The third-order valence-corrected chi connectivity index (χ3v) is 5.39. The number of aromatic nitrogens is 3. The van der Waals surface area contributed by atoms with Gasteiger partial charge in [-0.2, -0.15) is 14.0 Å². The Hall–Kier alpha value is -4.43. The number of aliphatic hydroxyl groups is 1. The molecule has 2 aromatic carbocycles. The number of benzene rings is 2. The van der Waals surface area contributed by atoms with Crippen LogP contribution < -0.4 is 4.74 Å². The Morgan fingerprint density at radius 2 is 1.67 bits per heavy atom. The Balaban J connectivity index is 1.66. The van der Waals surface area contributed by atoms with Crippen LogP contribution in [0.15, 0.2) is 73.4 Å². The average Bonchev–Trinajstić information content (AvgIpc) is 2.88. The van der Waals surface area contributed by atoms with Crippen molar-refractivity contribution in [3.63, 3.8) is 0 Å². The fourth-order valence-corrected chi connectivity index (χ4v) is 3.51. The first kappa shape index (κ1) is 24.7. The molecule has 1 N–H and O–H groups in total. The number of nitriles is 1. The van der Waals surface area contributed by atoms with Gasteiger partial charge in [0.15, 0.2) is 5.60 Å². The van der Waals surface area contributed by atoms with Crippen molar-refractivity contribution in [3.8, 4) is 11.8 Å². The lowest BCUT2D eigenvalue weighted by atomic mass is 9.80. The highest BCUT2D eigenvalue weighted by Gasteiger charge is 2.59. The van der Waals surface area contributed by atoms with Crippen molar-refractivity contribution >= 4 is 0 Å². The maximum atomic E-state index is 15.8. The van der Waals surface area contributed by atoms with Crippen LogP contribution in [0, 0.1) is 28.8 Å². The summed E-state index contributed by atoms with van der Waals surface area (Å²) in [4.78, 5) is 10.9. The highest BCUT2D eigenvalue weighted by molar-refractivity contribution is 5.41. The summed E-state index contributed by atoms with van der Waals surface area (Å²) in [7, 11) is 0. The van der Waals surface area contributed by atoms with E-state index in [4.69, 9.17) is 10.00 Å². The lowest BCUT2D eigenvalue weighted by molar-refractivity contribution is -0.175. The largest absolute Gasteiger partial charge is 0.487 e. The molecule has 0 amide bonds. The van der Waals surface area contributed by atoms with Gasteiger partial charge in [0.25, 0.3) is 0 Å². The summed E-state index contributed by atoms with van der Waals surface area (Å²) in [5.74, 6) is -7.37. The van der Waals surface area contributed by atoms with Crippen molar-refractivity contribution in [2.24, 2.45) is 0 Å². The molecule has 0 aliphatic rings. The van der Waals surface area contributed by atoms with E-state index in [-0.39, 0.29) is 23.5 Å². The normalized spacial score (nSPS) is 13.0. The summed E-state index contributed by atoms with van der Waals surface area (Å²) < 4.78 is 79.1. The molecule has 1 atom stereocenters. The van der Waals surface area contributed by atoms with Crippen LogP contribution in [0.5, 0.6) is 5.75 Å². The van der Waals surface area contributed by atoms with E-state index in [1.54, 1.807) is 6.07 Å². The summed E-state index contributed by atoms with van der Waals surface area (Å²) in [6.45, 7) is -0.277. The molecule has 2 heterocycles. The molecule has 0 saturated carbocycles. The quantitative estimate of drug-likeness (QED) is 0.369. The summed E-state index contributed by atoms with van der Waals surface area (Å²) >= 11 is 0. The third kappa shape index (κ3) is 4.46. The first-order valence-corrected chi connectivity index (χ1v) is 10.3. The summed E-state index contributed by atoms with van der Waals surface area (Å²) in [6, 6.07) is 9.34. The van der Waals surface area contributed by atoms with Crippen molar-refractivity contribution in [1.82, 2.24) is 15.0 Å². The van der Waals surface area contributed by atoms with Crippen molar-refractivity contribution in [2.75, 3.05) is 0 Å². The van der Waals surface area contributed by atoms with Crippen LogP contribution in [0.25, 0.3) is 0 Å². The number of hydrogen-bond acceptors (Lipinski definition) is 6. The molecule has 0 saturated heterocycles. The lowest BCUT2D eigenvalue weighted by Crippen LogP contribution is -2.45. The van der Waals surface area contributed by atoms with Gasteiger partial charge in [-0.05, 0) is 36.4 Å². The smallest absolute Gasteiger partial charge is 0.326 e. The molecule has 0 radical (unpaired) electrons. The molecule has 0 aliphatic heterocycles. The Kier molecular flexibility index (Phi) is 6.63. The lowest BCUT2D eigenvalue weighted by Gasteiger charge is -2.36. The monoisotopic (exact) mass is 498 g/mol. The zero-order valence-corrected chi connectivity index (χ0v) is 18.2. The van der Waals surface area contributed by atoms with Crippen LogP contribution >= 0.6 is 0 Å². The zero-order chi connectivity index (χ0) is 25.9. The first-order chi connectivity index (χ1) is 17.2. The highest BCUT2D eigenvalue weighted by Crippen LogP contribution is 2.49. The second-order valence-corrected chi connectivity index (χ2v) is 7.62. The minimum absolute atomic E-state index is 0.00198. The SMILES string of the molecule is N#Cc1ccc(COc2ccc(C(F)(F)C(O)(c3cncnc3)c3ccc(F)cc3F)nc2)c(F)c1. The van der Waals surface area contributed by atoms with E-state index in [0.29, 0.717) is 12.1 Å². The number of halogens is 5. The van der Waals surface area contributed by atoms with E-state index in [2.05, 4.69) is 15.0 Å². The van der Waals surface area contributed by atoms with Crippen LogP contribution in [-0.4, -0.2) is 20.1 Å². The van der Waals surface area contributed by atoms with Gasteiger partial charge in [-0.15, -0.1) is 0 Å². The van der Waals surface area contributed by atoms with Crippen molar-refractivity contribution < 1.29 is 31.8 Å². The summed E-state index contributed by atoms with van der Waals surface area (Å²) in [6.07, 6.45) is 3.72. The van der Waals surface area contributed by atoms with E-state index in [1.165, 1.54) is 12.1 Å². The van der Waals surface area contributed by atoms with Crippen LogP contribution in [0.3, 0.4) is 0 Å². The molecule has 182 valence electrons. The van der Waals surface area contributed by atoms with Crippen molar-refractivity contribution in [3.05, 3.63) is 119 Å². The fourth-order valence-electron chi connectivity index (χ4n) is 3.51. The zero-order valence-electron chi connectivity index (χ0n) is 18.2. The van der Waals surface area contributed by atoms with Crippen LogP contribution in [-0.2, 0) is 18.1 Å². The Bertz CT molecular complexity index is 1430. The number of ether oxygens (including phenoxy) is 1. The van der Waals surface area contributed by atoms with Crippen molar-refractivity contribution in [2.45, 2.75) is 18.1 Å². The molecule has 0 spiro atoms. The van der Waals surface area contributed by atoms with E-state index >= 15 is 8.78 Å². The molecule has 36 heavy (non-hydrogen) atoms. The van der Waals surface area contributed by atoms with E-state index in [9.17, 15) is 18.3 Å². The van der Waals surface area contributed by atoms with Gasteiger partial charge >= 0.3 is 5.92 Å². The highest BCUT2D eigenvalue weighted by atomic mass is 19.3. The van der Waals surface area contributed by atoms with E-state index in [1.807, 2.05) is 0 Å². The van der Waals surface area contributed by atoms with Crippen LogP contribution in [0.1, 0.15) is 27.9 Å². The summed E-state index contributed by atoms with van der Waals surface area (Å²) in [5, 5.41) is 20.1. The van der Waals surface area contributed by atoms with E-state index in [0.717, 1.165) is 49.2 Å². The van der Waals surface area contributed by atoms with Gasteiger partial charge in [0.1, 0.15) is 41.8 Å². The number of hydrogen-bond donors (Lipinski definition) is 1. The Labute approximate surface area is 201 Å². The maximum absolute atomic E-state index is 15.8. The topological polar surface area (TPSA) is 91.9 Å². The molecule has 1 unspecified atom stereocenters. The molecular weight excluding hydrogens is 483 g/mol. The predicted molar refractivity (Wildman–Crippen MR) is 115 cm³/mol. The van der Waals surface area contributed by atoms with Crippen molar-refractivity contribution in [1.29, 1.82) is 5.26 Å². The van der Waals surface area contributed by atoms with Gasteiger partial charge in [-0.25, -0.2) is 23.1 Å². The average molecular weight is 498 g/mol. The van der Waals surface area contributed by atoms with Crippen LogP contribution in [0.2, 0.25) is 0 Å². The second kappa shape index (κ2) is 9.67. The molecule has 0 fully saturated rings. The Morgan fingerprint density at radius 1 is 0.917 bits per heavy atom. The Morgan fingerprint density at radius 3 is 2.28 bits per heavy atom. The first-order valence-electron chi connectivity index (χ1n) is 10.3. The summed E-state index contributed by atoms with van der Waals surface area (Å²) in [5.41, 5.74) is -5.55. The van der Waals surface area contributed by atoms with Crippen LogP contribution in [0.4, 0.5) is 22.0 Å². The van der Waals surface area contributed by atoms with Gasteiger partial charge in [0.2, 0.25) is 0 Å². The fraction of sp³-hybridized carbons (Fsp3) is 0.120. The molecule has 6 nitrogen and oxygen atoms in total. The van der Waals surface area contributed by atoms with Gasteiger partial charge in [-0.3, -0.25) is 4.98 Å². The third-order valence-electron chi connectivity index (χ3n) is 5.39. The minimum atomic E-state index is -4.26.